The van der Waals surface area contributed by atoms with Crippen molar-refractivity contribution in [3.05, 3.63) is 59.8 Å². The van der Waals surface area contributed by atoms with Crippen LogP contribution < -0.4 is 5.73 Å². The molecule has 0 saturated carbocycles. The van der Waals surface area contributed by atoms with Crippen molar-refractivity contribution in [3.63, 3.8) is 0 Å². The average Bonchev–Trinajstić information content (AvgIpc) is 2.75. The zero-order valence-electron chi connectivity index (χ0n) is 10.3. The normalized spacial score (nSPS) is 10.9. The molecule has 0 spiro atoms. The number of nitrogen functional groups attached to an aromatic ring is 1. The zero-order chi connectivity index (χ0) is 12.5. The molecule has 3 aromatic rings. The molecule has 0 radical (unpaired) electrons. The second-order valence-electron chi connectivity index (χ2n) is 4.55. The predicted octanol–water partition coefficient (Wildman–Crippen LogP) is 2.98. The van der Waals surface area contributed by atoms with Gasteiger partial charge in [0.2, 0.25) is 0 Å². The molecule has 0 atom stereocenters. The van der Waals surface area contributed by atoms with Gasteiger partial charge in [0.25, 0.3) is 0 Å². The maximum atomic E-state index is 5.83. The van der Waals surface area contributed by atoms with E-state index in [4.69, 9.17) is 5.73 Å². The summed E-state index contributed by atoms with van der Waals surface area (Å²) in [6.45, 7) is 2.90. The smallest absolute Gasteiger partial charge is 0.0706 e. The van der Waals surface area contributed by atoms with Crippen molar-refractivity contribution < 1.29 is 0 Å². The Morgan fingerprint density at radius 2 is 2.00 bits per heavy atom. The maximum Gasteiger partial charge on any atom is 0.0706 e. The van der Waals surface area contributed by atoms with Crippen LogP contribution in [0.2, 0.25) is 0 Å². The molecule has 0 unspecified atom stereocenters. The number of aromatic nitrogens is 2. The molecule has 3 rings (SSSR count). The Morgan fingerprint density at radius 3 is 2.83 bits per heavy atom. The first-order valence-electron chi connectivity index (χ1n) is 5.99. The van der Waals surface area contributed by atoms with Gasteiger partial charge in [0.15, 0.2) is 0 Å². The Kier molecular flexibility index (Phi) is 2.52. The van der Waals surface area contributed by atoms with Gasteiger partial charge >= 0.3 is 0 Å². The molecule has 2 aromatic carbocycles. The fourth-order valence-corrected chi connectivity index (χ4v) is 2.16. The number of rotatable bonds is 2. The summed E-state index contributed by atoms with van der Waals surface area (Å²) in [5.41, 5.74) is 10.3. The zero-order valence-corrected chi connectivity index (χ0v) is 10.3. The molecule has 0 saturated heterocycles. The summed E-state index contributed by atoms with van der Waals surface area (Å²) in [5.74, 6) is 0. The number of nitrogens with two attached hydrogens (primary N) is 1. The number of benzene rings is 2. The molecule has 0 amide bonds. The van der Waals surface area contributed by atoms with Gasteiger partial charge in [-0.2, -0.15) is 5.10 Å². The summed E-state index contributed by atoms with van der Waals surface area (Å²) in [7, 11) is 0. The van der Waals surface area contributed by atoms with Crippen LogP contribution in [0, 0.1) is 6.92 Å². The lowest BCUT2D eigenvalue weighted by atomic mass is 10.1. The molecule has 1 aromatic heterocycles. The Morgan fingerprint density at radius 1 is 1.17 bits per heavy atom. The molecule has 3 nitrogen and oxygen atoms in total. The molecular weight excluding hydrogens is 222 g/mol. The third-order valence-electron chi connectivity index (χ3n) is 3.25. The van der Waals surface area contributed by atoms with Crippen LogP contribution in [-0.2, 0) is 6.54 Å². The maximum absolute atomic E-state index is 5.83. The van der Waals surface area contributed by atoms with Gasteiger partial charge in [-0.25, -0.2) is 0 Å². The molecular formula is C15H15N3. The summed E-state index contributed by atoms with van der Waals surface area (Å²) >= 11 is 0. The van der Waals surface area contributed by atoms with Gasteiger partial charge in [0, 0.05) is 11.1 Å². The van der Waals surface area contributed by atoms with E-state index < -0.39 is 0 Å². The molecule has 0 bridgehead atoms. The van der Waals surface area contributed by atoms with Crippen molar-refractivity contribution in [2.24, 2.45) is 0 Å². The lowest BCUT2D eigenvalue weighted by molar-refractivity contribution is 0.709. The first-order valence-corrected chi connectivity index (χ1v) is 5.99. The molecule has 2 N–H and O–H groups in total. The van der Waals surface area contributed by atoms with Crippen molar-refractivity contribution >= 4 is 16.6 Å². The first kappa shape index (κ1) is 10.8. The van der Waals surface area contributed by atoms with Gasteiger partial charge in [-0.15, -0.1) is 0 Å². The molecule has 18 heavy (non-hydrogen) atoms. The van der Waals surface area contributed by atoms with E-state index in [0.717, 1.165) is 23.1 Å². The lowest BCUT2D eigenvalue weighted by Gasteiger charge is -2.07. The van der Waals surface area contributed by atoms with Crippen LogP contribution >= 0.6 is 0 Å². The fourth-order valence-electron chi connectivity index (χ4n) is 2.16. The fraction of sp³-hybridized carbons (Fsp3) is 0.133. The van der Waals surface area contributed by atoms with Gasteiger partial charge < -0.3 is 5.73 Å². The highest BCUT2D eigenvalue weighted by molar-refractivity contribution is 5.81. The number of anilines is 1. The van der Waals surface area contributed by atoms with Crippen LogP contribution in [0.5, 0.6) is 0 Å². The molecule has 1 heterocycles. The Hall–Kier alpha value is -2.29. The Balaban J connectivity index is 2.05. The van der Waals surface area contributed by atoms with Crippen LogP contribution in [0.15, 0.2) is 48.7 Å². The lowest BCUT2D eigenvalue weighted by Crippen LogP contribution is -2.03. The van der Waals surface area contributed by atoms with Crippen LogP contribution in [0.3, 0.4) is 0 Å². The molecule has 3 heteroatoms. The minimum absolute atomic E-state index is 0.772. The van der Waals surface area contributed by atoms with E-state index >= 15 is 0 Å². The second kappa shape index (κ2) is 4.18. The number of hydrogen-bond donors (Lipinski definition) is 1. The number of fused-ring (bicyclic) bond motifs is 1. The Labute approximate surface area is 106 Å². The summed E-state index contributed by atoms with van der Waals surface area (Å²) in [5, 5.41) is 5.56. The van der Waals surface area contributed by atoms with Crippen LogP contribution in [0.25, 0.3) is 10.9 Å². The van der Waals surface area contributed by atoms with E-state index in [1.54, 1.807) is 0 Å². The number of nitrogens with zero attached hydrogens (tertiary/aromatic N) is 2. The molecule has 0 aliphatic carbocycles. The van der Waals surface area contributed by atoms with Gasteiger partial charge in [-0.3, -0.25) is 4.68 Å². The van der Waals surface area contributed by atoms with E-state index in [2.05, 4.69) is 36.3 Å². The summed E-state index contributed by atoms with van der Waals surface area (Å²) in [6, 6.07) is 14.2. The molecule has 0 aliphatic heterocycles. The highest BCUT2D eigenvalue weighted by Gasteiger charge is 2.05. The Bertz CT molecular complexity index is 698. The van der Waals surface area contributed by atoms with E-state index in [1.807, 2.05) is 29.1 Å². The molecule has 90 valence electrons. The molecule has 0 aliphatic rings. The number of hydrogen-bond acceptors (Lipinski definition) is 2. The molecule has 0 fully saturated rings. The monoisotopic (exact) mass is 237 g/mol. The predicted molar refractivity (Wildman–Crippen MR) is 74.4 cm³/mol. The highest BCUT2D eigenvalue weighted by atomic mass is 15.3. The van der Waals surface area contributed by atoms with Crippen LogP contribution in [-0.4, -0.2) is 9.78 Å². The van der Waals surface area contributed by atoms with Gasteiger partial charge in [-0.1, -0.05) is 24.3 Å². The third-order valence-corrected chi connectivity index (χ3v) is 3.25. The highest BCUT2D eigenvalue weighted by Crippen LogP contribution is 2.19. The minimum Gasteiger partial charge on any atom is -0.399 e. The quantitative estimate of drug-likeness (QED) is 0.696. The SMILES string of the molecule is Cc1ccccc1Cn1ncc2ccc(N)cc21. The standard InChI is InChI=1S/C15H15N3/c1-11-4-2-3-5-13(11)10-18-15-8-14(16)7-6-12(15)9-17-18/h2-9H,10,16H2,1H3. The van der Waals surface area contributed by atoms with Crippen molar-refractivity contribution in [2.45, 2.75) is 13.5 Å². The first-order chi connectivity index (χ1) is 8.74. The summed E-state index contributed by atoms with van der Waals surface area (Å²) < 4.78 is 1.99. The van der Waals surface area contributed by atoms with Crippen LogP contribution in [0.1, 0.15) is 11.1 Å². The van der Waals surface area contributed by atoms with Crippen molar-refractivity contribution in [1.29, 1.82) is 0 Å². The van der Waals surface area contributed by atoms with Gasteiger partial charge in [-0.05, 0) is 36.2 Å². The number of aryl methyl sites for hydroxylation is 1. The van der Waals surface area contributed by atoms with Crippen molar-refractivity contribution in [2.75, 3.05) is 5.73 Å². The summed E-state index contributed by atoms with van der Waals surface area (Å²) in [6.07, 6.45) is 1.88. The average molecular weight is 237 g/mol. The van der Waals surface area contributed by atoms with Gasteiger partial charge in [0.05, 0.1) is 18.3 Å². The van der Waals surface area contributed by atoms with E-state index in [0.29, 0.717) is 0 Å². The van der Waals surface area contributed by atoms with E-state index in [-0.39, 0.29) is 0 Å². The van der Waals surface area contributed by atoms with Crippen molar-refractivity contribution in [3.8, 4) is 0 Å². The van der Waals surface area contributed by atoms with Gasteiger partial charge in [0.1, 0.15) is 0 Å². The van der Waals surface area contributed by atoms with E-state index in [1.165, 1.54) is 11.1 Å². The summed E-state index contributed by atoms with van der Waals surface area (Å²) in [4.78, 5) is 0. The van der Waals surface area contributed by atoms with E-state index in [9.17, 15) is 0 Å². The third kappa shape index (κ3) is 1.84. The largest absolute Gasteiger partial charge is 0.399 e. The van der Waals surface area contributed by atoms with Crippen LogP contribution in [0.4, 0.5) is 5.69 Å². The second-order valence-corrected chi connectivity index (χ2v) is 4.55. The van der Waals surface area contributed by atoms with Crippen molar-refractivity contribution in [1.82, 2.24) is 9.78 Å². The topological polar surface area (TPSA) is 43.8 Å². The minimum atomic E-state index is 0.772.